The molecule has 0 fully saturated rings. The fraction of sp³-hybridized carbons (Fsp3) is 0.102. The number of carbonyl (C=O) groups excluding carboxylic acids is 2. The maximum Gasteiger partial charge on any atom is 0.263 e. The molecule has 1 aliphatic rings. The number of rotatable bonds is 9. The second-order valence-corrected chi connectivity index (χ2v) is 14.4. The van der Waals surface area contributed by atoms with Crippen molar-refractivity contribution in [1.82, 2.24) is 14.0 Å². The summed E-state index contributed by atoms with van der Waals surface area (Å²) in [5.74, 6) is -0.775. The van der Waals surface area contributed by atoms with Crippen LogP contribution in [0.4, 0.5) is 0 Å². The zero-order valence-corrected chi connectivity index (χ0v) is 31.2. The molecule has 1 N–H and O–H groups in total. The fourth-order valence-electron chi connectivity index (χ4n) is 8.27. The van der Waals surface area contributed by atoms with Gasteiger partial charge in [-0.15, -0.1) is 0 Å². The van der Waals surface area contributed by atoms with Gasteiger partial charge >= 0.3 is 0 Å². The molecule has 278 valence electrons. The summed E-state index contributed by atoms with van der Waals surface area (Å²) >= 11 is 0. The Labute approximate surface area is 328 Å². The summed E-state index contributed by atoms with van der Waals surface area (Å²) in [6, 6.07) is 47.4. The van der Waals surface area contributed by atoms with Crippen molar-refractivity contribution in [3.8, 4) is 33.8 Å². The highest BCUT2D eigenvalue weighted by molar-refractivity contribution is 6.21. The van der Waals surface area contributed by atoms with Gasteiger partial charge in [0.15, 0.2) is 0 Å². The Balaban J connectivity index is 1.14. The minimum Gasteiger partial charge on any atom is -0.508 e. The van der Waals surface area contributed by atoms with Crippen molar-refractivity contribution in [1.29, 1.82) is 0 Å². The van der Waals surface area contributed by atoms with Crippen molar-refractivity contribution >= 4 is 33.5 Å². The summed E-state index contributed by atoms with van der Waals surface area (Å²) in [5, 5.41) is 13.4. The molecule has 0 spiro atoms. The monoisotopic (exact) mass is 747 g/mol. The van der Waals surface area contributed by atoms with Crippen LogP contribution in [0.25, 0.3) is 49.7 Å². The molecule has 9 rings (SSSR count). The second-order valence-electron chi connectivity index (χ2n) is 14.4. The third kappa shape index (κ3) is 6.12. The van der Waals surface area contributed by atoms with Crippen molar-refractivity contribution in [2.45, 2.75) is 26.3 Å². The number of nitrogens with zero attached hydrogens (tertiary/aromatic N) is 3. The van der Waals surface area contributed by atoms with E-state index < -0.39 is 0 Å². The van der Waals surface area contributed by atoms with E-state index in [0.717, 1.165) is 50.0 Å². The van der Waals surface area contributed by atoms with Gasteiger partial charge in [0.2, 0.25) is 0 Å². The number of imide groups is 1. The number of hydrogen-bond acceptors (Lipinski definition) is 5. The van der Waals surface area contributed by atoms with E-state index in [-0.39, 0.29) is 48.2 Å². The summed E-state index contributed by atoms with van der Waals surface area (Å²) in [6.45, 7) is 2.15. The van der Waals surface area contributed by atoms with E-state index in [0.29, 0.717) is 34.0 Å². The van der Waals surface area contributed by atoms with Crippen LogP contribution >= 0.6 is 0 Å². The zero-order valence-electron chi connectivity index (χ0n) is 31.2. The molecule has 0 unspecified atom stereocenters. The number of fused-ring (bicyclic) bond motifs is 3. The van der Waals surface area contributed by atoms with Gasteiger partial charge in [-0.1, -0.05) is 103 Å². The number of phenols is 1. The number of hydrogen-bond donors (Lipinski definition) is 1. The first-order chi connectivity index (χ1) is 27.8. The third-order valence-electron chi connectivity index (χ3n) is 11.0. The van der Waals surface area contributed by atoms with Gasteiger partial charge in [0.05, 0.1) is 22.3 Å². The smallest absolute Gasteiger partial charge is 0.263 e. The Hall–Kier alpha value is -7.32. The van der Waals surface area contributed by atoms with E-state index in [2.05, 4.69) is 12.1 Å². The van der Waals surface area contributed by atoms with Gasteiger partial charge in [0, 0.05) is 46.7 Å². The number of phenolic OH excluding ortho intramolecular Hbond substituents is 1. The van der Waals surface area contributed by atoms with Crippen LogP contribution in [0.1, 0.15) is 37.4 Å². The lowest BCUT2D eigenvalue weighted by atomic mass is 9.92. The Morgan fingerprint density at radius 3 is 1.82 bits per heavy atom. The second kappa shape index (κ2) is 14.4. The molecule has 3 heterocycles. The van der Waals surface area contributed by atoms with Crippen molar-refractivity contribution in [2.75, 3.05) is 6.54 Å². The standard InChI is InChI=1S/C49H37N3O5/c1-31-29-43(54)50(46-36(31)23-24-42(53)40(46)26-28-51-47(55)38-19-11-12-20-39(38)48(51)56)27-25-32-21-22-37-41(30-32)49(57)52(35-17-9-4-10-18-35)45(34-15-7-3-8-16-34)44(37)33-13-5-2-6-14-33/h2-24,29-30,53H,25-28H2,1H3. The van der Waals surface area contributed by atoms with Crippen LogP contribution in [0.2, 0.25) is 0 Å². The zero-order chi connectivity index (χ0) is 39.2. The van der Waals surface area contributed by atoms with Gasteiger partial charge in [0.25, 0.3) is 22.9 Å². The van der Waals surface area contributed by atoms with Crippen LogP contribution in [0, 0.1) is 6.92 Å². The first-order valence-electron chi connectivity index (χ1n) is 19.0. The number of aromatic hydroxyl groups is 1. The van der Waals surface area contributed by atoms with Crippen molar-refractivity contribution in [2.24, 2.45) is 0 Å². The highest BCUT2D eigenvalue weighted by Crippen LogP contribution is 2.38. The van der Waals surface area contributed by atoms with Crippen LogP contribution in [-0.2, 0) is 19.4 Å². The molecule has 0 aliphatic carbocycles. The predicted molar refractivity (Wildman–Crippen MR) is 224 cm³/mol. The molecule has 8 nitrogen and oxygen atoms in total. The van der Waals surface area contributed by atoms with Crippen LogP contribution in [0.15, 0.2) is 161 Å². The lowest BCUT2D eigenvalue weighted by molar-refractivity contribution is 0.0655. The van der Waals surface area contributed by atoms with E-state index in [9.17, 15) is 24.3 Å². The summed E-state index contributed by atoms with van der Waals surface area (Å²) in [6.07, 6.45) is 0.561. The maximum atomic E-state index is 14.8. The fourth-order valence-corrected chi connectivity index (χ4v) is 8.27. The van der Waals surface area contributed by atoms with E-state index in [1.54, 1.807) is 51.6 Å². The molecule has 8 aromatic rings. The summed E-state index contributed by atoms with van der Waals surface area (Å²) < 4.78 is 3.45. The SMILES string of the molecule is Cc1cc(=O)n(CCc2ccc3c(-c4ccccc4)c(-c4ccccc4)n(-c4ccccc4)c(=O)c3c2)c2c(CCN3C(=O)c4ccccc4C3=O)c(O)ccc12. The average molecular weight is 748 g/mol. The number of carbonyl (C=O) groups is 2. The molecular formula is C49H37N3O5. The van der Waals surface area contributed by atoms with Crippen LogP contribution in [0.5, 0.6) is 5.75 Å². The number of benzene rings is 6. The van der Waals surface area contributed by atoms with E-state index in [1.165, 1.54) is 4.90 Å². The minimum absolute atomic E-state index is 0.0207. The van der Waals surface area contributed by atoms with Crippen LogP contribution < -0.4 is 11.1 Å². The Morgan fingerprint density at radius 1 is 0.561 bits per heavy atom. The maximum absolute atomic E-state index is 14.8. The molecule has 2 aromatic heterocycles. The number of pyridine rings is 2. The van der Waals surface area contributed by atoms with Gasteiger partial charge in [-0.3, -0.25) is 28.6 Å². The predicted octanol–water partition coefficient (Wildman–Crippen LogP) is 8.74. The normalized spacial score (nSPS) is 12.5. The molecule has 0 saturated carbocycles. The van der Waals surface area contributed by atoms with E-state index in [4.69, 9.17) is 0 Å². The highest BCUT2D eigenvalue weighted by atomic mass is 16.3. The Bertz CT molecular complexity index is 2970. The van der Waals surface area contributed by atoms with Gasteiger partial charge in [-0.2, -0.15) is 0 Å². The molecule has 0 radical (unpaired) electrons. The lowest BCUT2D eigenvalue weighted by Crippen LogP contribution is -2.32. The highest BCUT2D eigenvalue weighted by Gasteiger charge is 2.35. The number of aryl methyl sites for hydroxylation is 3. The summed E-state index contributed by atoms with van der Waals surface area (Å²) in [7, 11) is 0. The first kappa shape index (κ1) is 35.4. The van der Waals surface area contributed by atoms with Crippen LogP contribution in [-0.4, -0.2) is 37.5 Å². The summed E-state index contributed by atoms with van der Waals surface area (Å²) in [5.41, 5.74) is 7.34. The molecule has 0 bridgehead atoms. The quantitative estimate of drug-likeness (QED) is 0.149. The number of para-hydroxylation sites is 1. The van der Waals surface area contributed by atoms with E-state index >= 15 is 0 Å². The molecule has 8 heteroatoms. The van der Waals surface area contributed by atoms with Crippen molar-refractivity contribution in [3.05, 3.63) is 200 Å². The summed E-state index contributed by atoms with van der Waals surface area (Å²) in [4.78, 5) is 56.2. The van der Waals surface area contributed by atoms with Gasteiger partial charge in [-0.05, 0) is 89.9 Å². The topological polar surface area (TPSA) is 102 Å². The molecule has 1 aliphatic heterocycles. The third-order valence-corrected chi connectivity index (χ3v) is 11.0. The largest absolute Gasteiger partial charge is 0.508 e. The molecule has 6 aromatic carbocycles. The van der Waals surface area contributed by atoms with Gasteiger partial charge in [0.1, 0.15) is 5.75 Å². The Kier molecular flexibility index (Phi) is 8.94. The number of amides is 2. The first-order valence-corrected chi connectivity index (χ1v) is 19.0. The van der Waals surface area contributed by atoms with E-state index in [1.807, 2.05) is 104 Å². The molecule has 0 saturated heterocycles. The van der Waals surface area contributed by atoms with Crippen molar-refractivity contribution in [3.63, 3.8) is 0 Å². The average Bonchev–Trinajstić information content (AvgIpc) is 3.48. The van der Waals surface area contributed by atoms with Crippen molar-refractivity contribution < 1.29 is 14.7 Å². The molecule has 2 amide bonds. The lowest BCUT2D eigenvalue weighted by Gasteiger charge is -2.21. The number of aromatic nitrogens is 2. The minimum atomic E-state index is -0.377. The van der Waals surface area contributed by atoms with Crippen LogP contribution in [0.3, 0.4) is 0 Å². The molecule has 0 atom stereocenters. The van der Waals surface area contributed by atoms with Gasteiger partial charge in [-0.25, -0.2) is 0 Å². The molecular weight excluding hydrogens is 711 g/mol. The Morgan fingerprint density at radius 2 is 1.16 bits per heavy atom. The van der Waals surface area contributed by atoms with Gasteiger partial charge < -0.3 is 9.67 Å². The molecule has 57 heavy (non-hydrogen) atoms.